The van der Waals surface area contributed by atoms with Crippen LogP contribution in [0, 0.1) is 6.92 Å². The van der Waals surface area contributed by atoms with E-state index in [2.05, 4.69) is 15.3 Å². The molecule has 0 saturated carbocycles. The summed E-state index contributed by atoms with van der Waals surface area (Å²) >= 11 is 0. The molecule has 1 aromatic heterocycles. The van der Waals surface area contributed by atoms with E-state index < -0.39 is 10.0 Å². The van der Waals surface area contributed by atoms with E-state index >= 15 is 0 Å². The van der Waals surface area contributed by atoms with Gasteiger partial charge in [0.05, 0.1) is 18.6 Å². The predicted octanol–water partition coefficient (Wildman–Crippen LogP) is 2.37. The number of hydrogen-bond donors (Lipinski definition) is 1. The Morgan fingerprint density at radius 2 is 2.00 bits per heavy atom. The van der Waals surface area contributed by atoms with E-state index in [4.69, 9.17) is 9.47 Å². The molecule has 3 rings (SSSR count). The molecule has 1 atom stereocenters. The summed E-state index contributed by atoms with van der Waals surface area (Å²) in [6.45, 7) is 4.09. The number of ether oxygens (including phenoxy) is 2. The molecule has 1 fully saturated rings. The maximum absolute atomic E-state index is 13.2. The molecule has 0 bridgehead atoms. The van der Waals surface area contributed by atoms with Crippen LogP contribution in [0.5, 0.6) is 11.8 Å². The summed E-state index contributed by atoms with van der Waals surface area (Å²) in [5, 5.41) is 2.74. The average molecular weight is 435 g/mol. The molecule has 162 valence electrons. The van der Waals surface area contributed by atoms with E-state index in [0.717, 1.165) is 0 Å². The summed E-state index contributed by atoms with van der Waals surface area (Å²) in [4.78, 5) is 20.0. The largest absolute Gasteiger partial charge is 0.477 e. The summed E-state index contributed by atoms with van der Waals surface area (Å²) in [7, 11) is -2.23. The lowest BCUT2D eigenvalue weighted by molar-refractivity contribution is -0.115. The molecule has 1 unspecified atom stereocenters. The van der Waals surface area contributed by atoms with E-state index in [0.29, 0.717) is 37.1 Å². The minimum atomic E-state index is -3.71. The van der Waals surface area contributed by atoms with Crippen LogP contribution in [0.25, 0.3) is 0 Å². The van der Waals surface area contributed by atoms with Crippen LogP contribution >= 0.6 is 0 Å². The van der Waals surface area contributed by atoms with Gasteiger partial charge < -0.3 is 14.8 Å². The minimum Gasteiger partial charge on any atom is -0.477 e. The lowest BCUT2D eigenvalue weighted by Gasteiger charge is -2.32. The molecule has 1 N–H and O–H groups in total. The Kier molecular flexibility index (Phi) is 6.88. The Morgan fingerprint density at radius 3 is 2.67 bits per heavy atom. The molecule has 1 aliphatic rings. The molecule has 0 radical (unpaired) electrons. The van der Waals surface area contributed by atoms with E-state index in [9.17, 15) is 13.2 Å². The fourth-order valence-corrected chi connectivity index (χ4v) is 5.03. The van der Waals surface area contributed by atoms with Gasteiger partial charge in [-0.05, 0) is 43.5 Å². The van der Waals surface area contributed by atoms with Gasteiger partial charge in [0, 0.05) is 31.0 Å². The van der Waals surface area contributed by atoms with Crippen LogP contribution < -0.4 is 14.8 Å². The van der Waals surface area contributed by atoms with Gasteiger partial charge in [0.1, 0.15) is 6.10 Å². The van der Waals surface area contributed by atoms with Gasteiger partial charge in [0.2, 0.25) is 15.9 Å². The van der Waals surface area contributed by atoms with Gasteiger partial charge in [-0.15, -0.1) is 0 Å². The number of aryl methyl sites for hydroxylation is 1. The van der Waals surface area contributed by atoms with E-state index in [1.54, 1.807) is 26.0 Å². The van der Waals surface area contributed by atoms with Crippen LogP contribution in [0.3, 0.4) is 0 Å². The highest BCUT2D eigenvalue weighted by Crippen LogP contribution is 2.28. The van der Waals surface area contributed by atoms with Crippen molar-refractivity contribution in [3.05, 3.63) is 36.2 Å². The van der Waals surface area contributed by atoms with Crippen LogP contribution in [0.4, 0.5) is 5.69 Å². The molecular formula is C20H26N4O5S. The topological polar surface area (TPSA) is 111 Å². The molecule has 1 amide bonds. The van der Waals surface area contributed by atoms with Gasteiger partial charge in [-0.1, -0.05) is 6.92 Å². The molecule has 0 aliphatic carbocycles. The highest BCUT2D eigenvalue weighted by Gasteiger charge is 2.32. The fraction of sp³-hybridized carbons (Fsp3) is 0.450. The second-order valence-corrected chi connectivity index (χ2v) is 8.90. The summed E-state index contributed by atoms with van der Waals surface area (Å²) in [5.74, 6) is 0.384. The average Bonchev–Trinajstić information content (AvgIpc) is 2.74. The van der Waals surface area contributed by atoms with E-state index in [1.165, 1.54) is 29.9 Å². The van der Waals surface area contributed by atoms with Crippen molar-refractivity contribution in [3.8, 4) is 11.8 Å². The van der Waals surface area contributed by atoms with Crippen LogP contribution in [0.15, 0.2) is 35.5 Å². The Balaban J connectivity index is 1.76. The molecule has 2 aromatic rings. The number of nitrogens with zero attached hydrogens (tertiary/aromatic N) is 3. The van der Waals surface area contributed by atoms with Gasteiger partial charge in [-0.2, -0.15) is 4.31 Å². The van der Waals surface area contributed by atoms with Crippen molar-refractivity contribution in [1.82, 2.24) is 14.3 Å². The monoisotopic (exact) mass is 434 g/mol. The number of piperidine rings is 1. The lowest BCUT2D eigenvalue weighted by atomic mass is 10.1. The molecule has 2 heterocycles. The highest BCUT2D eigenvalue weighted by molar-refractivity contribution is 7.89. The lowest BCUT2D eigenvalue weighted by Crippen LogP contribution is -2.44. The number of hydrogen-bond acceptors (Lipinski definition) is 7. The van der Waals surface area contributed by atoms with Gasteiger partial charge in [-0.25, -0.2) is 18.4 Å². The third-order valence-electron chi connectivity index (χ3n) is 4.84. The second kappa shape index (κ2) is 9.40. The molecule has 1 aromatic carbocycles. The van der Waals surface area contributed by atoms with Crippen LogP contribution in [-0.2, 0) is 14.8 Å². The number of methoxy groups -OCH3 is 1. The first-order valence-corrected chi connectivity index (χ1v) is 11.2. The third kappa shape index (κ3) is 4.88. The molecule has 9 nitrogen and oxygen atoms in total. The SMILES string of the molecule is CCC(=O)Nc1ccc(S(=O)(=O)N2CCCC(Oc3nccnc3OC)C2)c(C)c1. The van der Waals surface area contributed by atoms with Crippen LogP contribution in [-0.4, -0.2) is 54.9 Å². The summed E-state index contributed by atoms with van der Waals surface area (Å²) in [6, 6.07) is 4.81. The highest BCUT2D eigenvalue weighted by atomic mass is 32.2. The van der Waals surface area contributed by atoms with Crippen LogP contribution in [0.1, 0.15) is 31.7 Å². The smallest absolute Gasteiger partial charge is 0.278 e. The summed E-state index contributed by atoms with van der Waals surface area (Å²) < 4.78 is 39.0. The molecule has 1 saturated heterocycles. The van der Waals surface area contributed by atoms with E-state index in [1.807, 2.05) is 0 Å². The number of amides is 1. The first-order valence-electron chi connectivity index (χ1n) is 9.77. The molecule has 0 spiro atoms. The number of carbonyl (C=O) groups is 1. The Hall–Kier alpha value is -2.72. The number of aromatic nitrogens is 2. The number of rotatable bonds is 7. The molecule has 10 heteroatoms. The number of anilines is 1. The zero-order chi connectivity index (χ0) is 21.7. The van der Waals surface area contributed by atoms with Gasteiger partial charge in [0.25, 0.3) is 11.8 Å². The second-order valence-electron chi connectivity index (χ2n) is 7.00. The van der Waals surface area contributed by atoms with Crippen molar-refractivity contribution in [2.75, 3.05) is 25.5 Å². The van der Waals surface area contributed by atoms with Gasteiger partial charge in [0.15, 0.2) is 0 Å². The number of nitrogens with one attached hydrogen (secondary N) is 1. The molecular weight excluding hydrogens is 408 g/mol. The first-order chi connectivity index (χ1) is 14.3. The quantitative estimate of drug-likeness (QED) is 0.712. The van der Waals surface area contributed by atoms with Crippen molar-refractivity contribution in [2.45, 2.75) is 44.1 Å². The van der Waals surface area contributed by atoms with Crippen molar-refractivity contribution >= 4 is 21.6 Å². The van der Waals surface area contributed by atoms with E-state index in [-0.39, 0.29) is 35.2 Å². The number of benzene rings is 1. The van der Waals surface area contributed by atoms with Crippen molar-refractivity contribution in [1.29, 1.82) is 0 Å². The van der Waals surface area contributed by atoms with Crippen molar-refractivity contribution in [3.63, 3.8) is 0 Å². The zero-order valence-corrected chi connectivity index (χ0v) is 18.1. The number of sulfonamides is 1. The summed E-state index contributed by atoms with van der Waals surface area (Å²) in [5.41, 5.74) is 1.15. The predicted molar refractivity (Wildman–Crippen MR) is 111 cm³/mol. The van der Waals surface area contributed by atoms with Gasteiger partial charge in [-0.3, -0.25) is 4.79 Å². The Labute approximate surface area is 176 Å². The standard InChI is InChI=1S/C20H26N4O5S/c1-4-18(25)23-15-7-8-17(14(2)12-15)30(26,27)24-11-5-6-16(13-24)29-20-19(28-3)21-9-10-22-20/h7-10,12,16H,4-6,11,13H2,1-3H3,(H,23,25). The minimum absolute atomic E-state index is 0.125. The van der Waals surface area contributed by atoms with Crippen molar-refractivity contribution < 1.29 is 22.7 Å². The Bertz CT molecular complexity index is 1010. The molecule has 1 aliphatic heterocycles. The van der Waals surface area contributed by atoms with Crippen molar-refractivity contribution in [2.24, 2.45) is 0 Å². The van der Waals surface area contributed by atoms with Crippen LogP contribution in [0.2, 0.25) is 0 Å². The number of carbonyl (C=O) groups excluding carboxylic acids is 1. The fourth-order valence-electron chi connectivity index (χ4n) is 3.32. The normalized spacial score (nSPS) is 17.4. The maximum atomic E-state index is 13.2. The first kappa shape index (κ1) is 22.0. The molecule has 30 heavy (non-hydrogen) atoms. The third-order valence-corrected chi connectivity index (χ3v) is 6.87. The zero-order valence-electron chi connectivity index (χ0n) is 17.3. The maximum Gasteiger partial charge on any atom is 0.278 e. The van der Waals surface area contributed by atoms with Gasteiger partial charge >= 0.3 is 0 Å². The Morgan fingerprint density at radius 1 is 1.27 bits per heavy atom. The summed E-state index contributed by atoms with van der Waals surface area (Å²) in [6.07, 6.45) is 4.35.